The van der Waals surface area contributed by atoms with Crippen LogP contribution in [0.15, 0.2) is 69.2 Å². The quantitative estimate of drug-likeness (QED) is 0.738. The van der Waals surface area contributed by atoms with Crippen LogP contribution in [0.5, 0.6) is 5.95 Å². The van der Waals surface area contributed by atoms with Gasteiger partial charge in [-0.1, -0.05) is 24.3 Å². The van der Waals surface area contributed by atoms with Crippen molar-refractivity contribution in [2.75, 3.05) is 0 Å². The maximum atomic E-state index is 13.3. The van der Waals surface area contributed by atoms with Gasteiger partial charge in [0, 0.05) is 0 Å². The number of fused-ring (bicyclic) bond motifs is 2. The number of rotatable bonds is 1. The van der Waals surface area contributed by atoms with Gasteiger partial charge in [0.1, 0.15) is 23.0 Å². The molecule has 1 aliphatic heterocycles. The topological polar surface area (TPSA) is 89.2 Å². The lowest BCUT2D eigenvalue weighted by Crippen LogP contribution is -2.26. The Bertz CT molecular complexity index is 1120. The fourth-order valence-corrected chi connectivity index (χ4v) is 3.01. The lowest BCUT2D eigenvalue weighted by atomic mass is 9.84. The van der Waals surface area contributed by atoms with E-state index in [1.807, 2.05) is 6.07 Å². The highest BCUT2D eigenvalue weighted by atomic mass is 19.1. The first-order valence-electron chi connectivity index (χ1n) is 7.49. The summed E-state index contributed by atoms with van der Waals surface area (Å²) >= 11 is 0. The molecule has 2 aromatic carbocycles. The predicted molar refractivity (Wildman–Crippen MR) is 88.2 cm³/mol. The van der Waals surface area contributed by atoms with Crippen LogP contribution in [0.25, 0.3) is 11.0 Å². The van der Waals surface area contributed by atoms with E-state index in [-0.39, 0.29) is 28.4 Å². The predicted octanol–water partition coefficient (Wildman–Crippen LogP) is 3.15. The molecule has 0 saturated carbocycles. The molecule has 25 heavy (non-hydrogen) atoms. The normalized spacial score (nSPS) is 16.2. The first-order chi connectivity index (χ1) is 12.1. The molecule has 0 bridgehead atoms. The minimum absolute atomic E-state index is 0.0467. The van der Waals surface area contributed by atoms with Gasteiger partial charge in [0.25, 0.3) is 5.95 Å². The third-order valence-corrected chi connectivity index (χ3v) is 4.17. The Kier molecular flexibility index (Phi) is 3.29. The highest BCUT2D eigenvalue weighted by Crippen LogP contribution is 2.41. The Hall–Kier alpha value is -3.59. The van der Waals surface area contributed by atoms with Gasteiger partial charge in [0.15, 0.2) is 0 Å². The average molecular weight is 334 g/mol. The molecule has 0 saturated heterocycles. The second-order valence-electron chi connectivity index (χ2n) is 5.60. The number of hydrogen-bond acceptors (Lipinski definition) is 5. The molecular formula is C19H11FN2O3. The van der Waals surface area contributed by atoms with Gasteiger partial charge in [0.05, 0.1) is 16.9 Å². The number of nitrogens with zero attached hydrogens (tertiary/aromatic N) is 1. The first-order valence-corrected chi connectivity index (χ1v) is 7.49. The van der Waals surface area contributed by atoms with E-state index >= 15 is 0 Å². The summed E-state index contributed by atoms with van der Waals surface area (Å²) in [7, 11) is 0. The van der Waals surface area contributed by atoms with E-state index in [4.69, 9.17) is 14.9 Å². The molecule has 0 fully saturated rings. The molecule has 0 aliphatic carbocycles. The van der Waals surface area contributed by atoms with Crippen molar-refractivity contribution in [3.05, 3.63) is 87.2 Å². The number of allylic oxidation sites excluding steroid dienone is 1. The Morgan fingerprint density at radius 2 is 1.84 bits per heavy atom. The summed E-state index contributed by atoms with van der Waals surface area (Å²) in [4.78, 5) is 13.0. The van der Waals surface area contributed by atoms with Crippen LogP contribution in [-0.2, 0) is 0 Å². The molecule has 2 heterocycles. The summed E-state index contributed by atoms with van der Waals surface area (Å²) < 4.78 is 24.4. The van der Waals surface area contributed by atoms with E-state index < -0.39 is 11.7 Å². The zero-order chi connectivity index (χ0) is 17.6. The van der Waals surface area contributed by atoms with Crippen LogP contribution in [0.4, 0.5) is 4.39 Å². The van der Waals surface area contributed by atoms with Crippen LogP contribution in [0.3, 0.4) is 0 Å². The van der Waals surface area contributed by atoms with Gasteiger partial charge in [-0.25, -0.2) is 4.39 Å². The van der Waals surface area contributed by atoms with Crippen molar-refractivity contribution in [1.82, 2.24) is 0 Å². The van der Waals surface area contributed by atoms with Gasteiger partial charge in [-0.05, 0) is 29.8 Å². The van der Waals surface area contributed by atoms with Crippen molar-refractivity contribution in [3.8, 4) is 12.0 Å². The molecule has 3 aromatic rings. The summed E-state index contributed by atoms with van der Waals surface area (Å²) in [5.74, 6) is -1.38. The van der Waals surface area contributed by atoms with Crippen LogP contribution in [0.2, 0.25) is 0 Å². The SMILES string of the molecule is N#CC1=C(N)Oc2oc3ccccc3c(=O)c2[C@@H]1c1ccc(F)cc1. The van der Waals surface area contributed by atoms with Crippen LogP contribution in [0.1, 0.15) is 17.0 Å². The molecule has 6 heteroatoms. The van der Waals surface area contributed by atoms with Crippen molar-refractivity contribution < 1.29 is 13.5 Å². The third kappa shape index (κ3) is 2.25. The van der Waals surface area contributed by atoms with Crippen molar-refractivity contribution in [3.63, 3.8) is 0 Å². The number of nitrogens with two attached hydrogens (primary N) is 1. The molecule has 122 valence electrons. The maximum Gasteiger partial charge on any atom is 0.300 e. The summed E-state index contributed by atoms with van der Waals surface area (Å²) in [5.41, 5.74) is 6.71. The Morgan fingerprint density at radius 1 is 1.12 bits per heavy atom. The highest BCUT2D eigenvalue weighted by Gasteiger charge is 2.35. The largest absolute Gasteiger partial charge is 0.425 e. The lowest BCUT2D eigenvalue weighted by Gasteiger charge is -2.24. The Morgan fingerprint density at radius 3 is 2.56 bits per heavy atom. The fourth-order valence-electron chi connectivity index (χ4n) is 3.01. The number of nitriles is 1. The summed E-state index contributed by atoms with van der Waals surface area (Å²) in [6.07, 6.45) is 0. The van der Waals surface area contributed by atoms with E-state index in [1.165, 1.54) is 24.3 Å². The molecule has 0 unspecified atom stereocenters. The summed E-state index contributed by atoms with van der Waals surface area (Å²) in [6.45, 7) is 0. The number of ether oxygens (including phenoxy) is 1. The monoisotopic (exact) mass is 334 g/mol. The van der Waals surface area contributed by atoms with Crippen molar-refractivity contribution in [2.45, 2.75) is 5.92 Å². The van der Waals surface area contributed by atoms with Crippen molar-refractivity contribution >= 4 is 11.0 Å². The standard InChI is InChI=1S/C19H11FN2O3/c20-11-7-5-10(6-8-11)15-13(9-21)18(22)25-19-16(15)17(23)12-3-1-2-4-14(12)24-19/h1-8,15H,22H2/t15-/m1/s1. The zero-order valence-electron chi connectivity index (χ0n) is 12.8. The van der Waals surface area contributed by atoms with Crippen LogP contribution < -0.4 is 15.9 Å². The molecule has 1 atom stereocenters. The van der Waals surface area contributed by atoms with Crippen LogP contribution >= 0.6 is 0 Å². The second kappa shape index (κ2) is 5.49. The van der Waals surface area contributed by atoms with Gasteiger partial charge in [-0.2, -0.15) is 5.26 Å². The van der Waals surface area contributed by atoms with Gasteiger partial charge < -0.3 is 14.9 Å². The molecule has 0 amide bonds. The third-order valence-electron chi connectivity index (χ3n) is 4.17. The van der Waals surface area contributed by atoms with Gasteiger partial charge >= 0.3 is 0 Å². The van der Waals surface area contributed by atoms with E-state index in [2.05, 4.69) is 0 Å². The van der Waals surface area contributed by atoms with E-state index in [1.54, 1.807) is 24.3 Å². The maximum absolute atomic E-state index is 13.3. The number of halogens is 1. The molecular weight excluding hydrogens is 323 g/mol. The van der Waals surface area contributed by atoms with Gasteiger partial charge in [-0.3, -0.25) is 4.79 Å². The highest BCUT2D eigenvalue weighted by molar-refractivity contribution is 5.78. The first kappa shape index (κ1) is 15.0. The molecule has 0 spiro atoms. The summed E-state index contributed by atoms with van der Waals surface area (Å²) in [5, 5.41) is 9.87. The molecule has 5 nitrogen and oxygen atoms in total. The summed E-state index contributed by atoms with van der Waals surface area (Å²) in [6, 6.07) is 14.3. The number of benzene rings is 2. The molecule has 4 rings (SSSR count). The minimum Gasteiger partial charge on any atom is -0.425 e. The molecule has 2 N–H and O–H groups in total. The van der Waals surface area contributed by atoms with Crippen LogP contribution in [-0.4, -0.2) is 0 Å². The van der Waals surface area contributed by atoms with Gasteiger partial charge in [-0.15, -0.1) is 0 Å². The van der Waals surface area contributed by atoms with Crippen molar-refractivity contribution in [2.24, 2.45) is 5.73 Å². The van der Waals surface area contributed by atoms with E-state index in [0.717, 1.165) is 0 Å². The minimum atomic E-state index is -0.782. The Balaban J connectivity index is 2.06. The van der Waals surface area contributed by atoms with Gasteiger partial charge in [0.2, 0.25) is 11.3 Å². The number of para-hydroxylation sites is 1. The van der Waals surface area contributed by atoms with Crippen LogP contribution in [0, 0.1) is 17.1 Å². The number of hydrogen-bond donors (Lipinski definition) is 1. The fraction of sp³-hybridized carbons (Fsp3) is 0.0526. The second-order valence-corrected chi connectivity index (χ2v) is 5.60. The van der Waals surface area contributed by atoms with Crippen molar-refractivity contribution in [1.29, 1.82) is 5.26 Å². The molecule has 1 aromatic heterocycles. The van der Waals surface area contributed by atoms with E-state index in [0.29, 0.717) is 16.5 Å². The van der Waals surface area contributed by atoms with E-state index in [9.17, 15) is 14.4 Å². The smallest absolute Gasteiger partial charge is 0.300 e. The average Bonchev–Trinajstić information content (AvgIpc) is 2.61. The molecule has 1 aliphatic rings. The Labute approximate surface area is 141 Å². The molecule has 0 radical (unpaired) electrons. The zero-order valence-corrected chi connectivity index (χ0v) is 12.8. The lowest BCUT2D eigenvalue weighted by molar-refractivity contribution is 0.296.